The molecule has 0 aliphatic rings. The number of carbonyl (C=O) groups excluding carboxylic acids is 1. The van der Waals surface area contributed by atoms with Gasteiger partial charge in [-0.15, -0.1) is 5.10 Å². The molecule has 0 fully saturated rings. The highest BCUT2D eigenvalue weighted by atomic mass is 16.5. The van der Waals surface area contributed by atoms with Crippen molar-refractivity contribution in [1.82, 2.24) is 10.2 Å². The fraction of sp³-hybridized carbons (Fsp3) is 0.429. The maximum Gasteiger partial charge on any atom is 0.256 e. The SMILES string of the molecule is CCc1[nH]nc(OC)c1C(N)=O. The van der Waals surface area contributed by atoms with Crippen LogP contribution in [0.5, 0.6) is 5.88 Å². The van der Waals surface area contributed by atoms with Gasteiger partial charge in [-0.25, -0.2) is 0 Å². The minimum absolute atomic E-state index is 0.263. The molecule has 0 radical (unpaired) electrons. The van der Waals surface area contributed by atoms with Crippen molar-refractivity contribution in [2.45, 2.75) is 13.3 Å². The number of carbonyl (C=O) groups is 1. The summed E-state index contributed by atoms with van der Waals surface area (Å²) in [6, 6.07) is 0. The molecule has 0 saturated heterocycles. The molecule has 12 heavy (non-hydrogen) atoms. The lowest BCUT2D eigenvalue weighted by Crippen LogP contribution is -2.13. The highest BCUT2D eigenvalue weighted by molar-refractivity contribution is 5.96. The molecule has 1 rings (SSSR count). The van der Waals surface area contributed by atoms with E-state index in [9.17, 15) is 4.79 Å². The molecule has 66 valence electrons. The van der Waals surface area contributed by atoms with Gasteiger partial charge in [0, 0.05) is 0 Å². The summed E-state index contributed by atoms with van der Waals surface area (Å²) in [5.74, 6) is -0.253. The van der Waals surface area contributed by atoms with Crippen LogP contribution in [0.25, 0.3) is 0 Å². The highest BCUT2D eigenvalue weighted by Crippen LogP contribution is 2.17. The number of aromatic nitrogens is 2. The van der Waals surface area contributed by atoms with Crippen LogP contribution in [0.4, 0.5) is 0 Å². The lowest BCUT2D eigenvalue weighted by Gasteiger charge is -1.97. The summed E-state index contributed by atoms with van der Waals surface area (Å²) in [7, 11) is 1.45. The van der Waals surface area contributed by atoms with Crippen molar-refractivity contribution >= 4 is 5.91 Å². The number of H-pyrrole nitrogens is 1. The molecule has 0 aliphatic heterocycles. The third-order valence-electron chi connectivity index (χ3n) is 1.60. The van der Waals surface area contributed by atoms with E-state index in [0.717, 1.165) is 0 Å². The molecular weight excluding hydrogens is 158 g/mol. The summed E-state index contributed by atoms with van der Waals surface area (Å²) >= 11 is 0. The second-order valence-electron chi connectivity index (χ2n) is 2.30. The molecule has 1 aromatic rings. The number of rotatable bonds is 3. The highest BCUT2D eigenvalue weighted by Gasteiger charge is 2.16. The molecular formula is C7H11N3O2. The zero-order valence-corrected chi connectivity index (χ0v) is 7.05. The molecule has 0 aromatic carbocycles. The number of nitrogens with zero attached hydrogens (tertiary/aromatic N) is 1. The van der Waals surface area contributed by atoms with Crippen molar-refractivity contribution in [3.05, 3.63) is 11.3 Å². The smallest absolute Gasteiger partial charge is 0.256 e. The van der Waals surface area contributed by atoms with E-state index in [4.69, 9.17) is 10.5 Å². The molecule has 1 amide bonds. The van der Waals surface area contributed by atoms with Gasteiger partial charge in [0.05, 0.1) is 12.8 Å². The van der Waals surface area contributed by atoms with Gasteiger partial charge in [-0.1, -0.05) is 6.92 Å². The van der Waals surface area contributed by atoms with Gasteiger partial charge in [-0.05, 0) is 6.42 Å². The van der Waals surface area contributed by atoms with E-state index in [2.05, 4.69) is 10.2 Å². The average molecular weight is 169 g/mol. The number of nitrogens with two attached hydrogens (primary N) is 1. The summed E-state index contributed by atoms with van der Waals surface area (Å²) < 4.78 is 4.85. The van der Waals surface area contributed by atoms with Gasteiger partial charge < -0.3 is 10.5 Å². The van der Waals surface area contributed by atoms with Crippen molar-refractivity contribution in [2.24, 2.45) is 5.73 Å². The van der Waals surface area contributed by atoms with E-state index in [0.29, 0.717) is 17.7 Å². The molecule has 0 saturated carbocycles. The Morgan fingerprint density at radius 3 is 2.83 bits per heavy atom. The second-order valence-corrected chi connectivity index (χ2v) is 2.30. The Morgan fingerprint density at radius 1 is 1.75 bits per heavy atom. The van der Waals surface area contributed by atoms with Crippen LogP contribution in [0, 0.1) is 0 Å². The molecule has 0 unspecified atom stereocenters. The van der Waals surface area contributed by atoms with E-state index in [1.54, 1.807) is 0 Å². The number of primary amides is 1. The van der Waals surface area contributed by atoms with Crippen molar-refractivity contribution in [3.8, 4) is 5.88 Å². The maximum atomic E-state index is 10.9. The van der Waals surface area contributed by atoms with Crippen LogP contribution in [0.1, 0.15) is 23.0 Å². The maximum absolute atomic E-state index is 10.9. The zero-order chi connectivity index (χ0) is 9.14. The zero-order valence-electron chi connectivity index (χ0n) is 7.05. The summed E-state index contributed by atoms with van der Waals surface area (Å²) in [4.78, 5) is 10.9. The Labute approximate surface area is 69.9 Å². The van der Waals surface area contributed by atoms with Gasteiger partial charge in [0.25, 0.3) is 5.91 Å². The quantitative estimate of drug-likeness (QED) is 0.672. The van der Waals surface area contributed by atoms with E-state index in [1.165, 1.54) is 7.11 Å². The number of hydrogen-bond donors (Lipinski definition) is 2. The number of aromatic amines is 1. The van der Waals surface area contributed by atoms with Crippen LogP contribution >= 0.6 is 0 Å². The molecule has 1 aromatic heterocycles. The minimum Gasteiger partial charge on any atom is -0.479 e. The van der Waals surface area contributed by atoms with E-state index in [1.807, 2.05) is 6.92 Å². The number of ether oxygens (including phenoxy) is 1. The fourth-order valence-corrected chi connectivity index (χ4v) is 1.02. The van der Waals surface area contributed by atoms with Gasteiger partial charge in [0.1, 0.15) is 5.56 Å². The van der Waals surface area contributed by atoms with Crippen LogP contribution in [0.3, 0.4) is 0 Å². The third kappa shape index (κ3) is 1.25. The van der Waals surface area contributed by atoms with Crippen molar-refractivity contribution in [1.29, 1.82) is 0 Å². The molecule has 1 heterocycles. The Morgan fingerprint density at radius 2 is 2.42 bits per heavy atom. The summed E-state index contributed by atoms with van der Waals surface area (Å²) in [6.45, 7) is 1.90. The van der Waals surface area contributed by atoms with Gasteiger partial charge in [0.2, 0.25) is 5.88 Å². The lowest BCUT2D eigenvalue weighted by atomic mass is 10.2. The third-order valence-corrected chi connectivity index (χ3v) is 1.60. The van der Waals surface area contributed by atoms with Crippen molar-refractivity contribution < 1.29 is 9.53 Å². The molecule has 0 atom stereocenters. The number of methoxy groups -OCH3 is 1. The first-order valence-corrected chi connectivity index (χ1v) is 3.61. The predicted octanol–water partition coefficient (Wildman–Crippen LogP) is 0.0796. The topological polar surface area (TPSA) is 81.0 Å². The van der Waals surface area contributed by atoms with Crippen LogP contribution in [0.2, 0.25) is 0 Å². The summed E-state index contributed by atoms with van der Waals surface area (Å²) in [5.41, 5.74) is 6.19. The summed E-state index contributed by atoms with van der Waals surface area (Å²) in [6.07, 6.45) is 0.675. The molecule has 5 heteroatoms. The first-order valence-electron chi connectivity index (χ1n) is 3.61. The molecule has 0 bridgehead atoms. The molecule has 3 N–H and O–H groups in total. The fourth-order valence-electron chi connectivity index (χ4n) is 1.02. The van der Waals surface area contributed by atoms with E-state index in [-0.39, 0.29) is 5.88 Å². The average Bonchev–Trinajstić information content (AvgIpc) is 2.46. The van der Waals surface area contributed by atoms with Crippen LogP contribution in [0.15, 0.2) is 0 Å². The van der Waals surface area contributed by atoms with Crippen LogP contribution < -0.4 is 10.5 Å². The Balaban J connectivity index is 3.16. The standard InChI is InChI=1S/C7H11N3O2/c1-3-4-5(6(8)11)7(12-2)10-9-4/h3H2,1-2H3,(H2,8,11)(H,9,10). The lowest BCUT2D eigenvalue weighted by molar-refractivity contribution is 0.0996. The van der Waals surface area contributed by atoms with Crippen LogP contribution in [-0.4, -0.2) is 23.2 Å². The normalized spacial score (nSPS) is 9.83. The number of amides is 1. The first kappa shape index (κ1) is 8.58. The van der Waals surface area contributed by atoms with Gasteiger partial charge in [-0.3, -0.25) is 9.89 Å². The Hall–Kier alpha value is -1.52. The number of aryl methyl sites for hydroxylation is 1. The molecule has 0 aliphatic carbocycles. The predicted molar refractivity (Wildman–Crippen MR) is 43.0 cm³/mol. The largest absolute Gasteiger partial charge is 0.479 e. The minimum atomic E-state index is -0.516. The van der Waals surface area contributed by atoms with Gasteiger partial charge in [-0.2, -0.15) is 0 Å². The van der Waals surface area contributed by atoms with Gasteiger partial charge in [0.15, 0.2) is 0 Å². The number of nitrogens with one attached hydrogen (secondary N) is 1. The summed E-state index contributed by atoms with van der Waals surface area (Å²) in [5, 5.41) is 6.46. The van der Waals surface area contributed by atoms with E-state index >= 15 is 0 Å². The second kappa shape index (κ2) is 3.25. The van der Waals surface area contributed by atoms with Crippen molar-refractivity contribution in [2.75, 3.05) is 7.11 Å². The Bertz CT molecular complexity index is 271. The monoisotopic (exact) mass is 169 g/mol. The van der Waals surface area contributed by atoms with E-state index < -0.39 is 5.91 Å². The molecule has 5 nitrogen and oxygen atoms in total. The van der Waals surface area contributed by atoms with Gasteiger partial charge >= 0.3 is 0 Å². The van der Waals surface area contributed by atoms with Crippen LogP contribution in [-0.2, 0) is 6.42 Å². The number of hydrogen-bond acceptors (Lipinski definition) is 3. The van der Waals surface area contributed by atoms with Crippen molar-refractivity contribution in [3.63, 3.8) is 0 Å². The molecule has 0 spiro atoms. The first-order chi connectivity index (χ1) is 5.70. The Kier molecular flexibility index (Phi) is 2.32.